The van der Waals surface area contributed by atoms with Gasteiger partial charge in [-0.1, -0.05) is 45.6 Å². The lowest BCUT2D eigenvalue weighted by Gasteiger charge is -2.21. The first-order valence-corrected chi connectivity index (χ1v) is 4.09. The van der Waals surface area contributed by atoms with Gasteiger partial charge in [0.15, 0.2) is 0 Å². The topological polar surface area (TPSA) is 0 Å². The summed E-state index contributed by atoms with van der Waals surface area (Å²) >= 11 is 0. The number of rotatable bonds is 2. The molecule has 0 fully saturated rings. The maximum atomic E-state index is 13.2. The molecule has 0 aromatic carbocycles. The lowest BCUT2D eigenvalue weighted by atomic mass is 9.85. The molecule has 0 spiro atoms. The van der Waals surface area contributed by atoms with E-state index < -0.39 is 0 Å². The van der Waals surface area contributed by atoms with Crippen molar-refractivity contribution in [3.63, 3.8) is 0 Å². The molecular weight excluding hydrogens is 151 g/mol. The van der Waals surface area contributed by atoms with Crippen molar-refractivity contribution in [1.82, 2.24) is 0 Å². The second-order valence-electron chi connectivity index (χ2n) is 3.70. The van der Waals surface area contributed by atoms with Gasteiger partial charge in [0.2, 0.25) is 0 Å². The normalized spacial score (nSPS) is 14.8. The van der Waals surface area contributed by atoms with Crippen LogP contribution in [0.3, 0.4) is 0 Å². The van der Waals surface area contributed by atoms with Crippen LogP contribution in [0.5, 0.6) is 0 Å². The Morgan fingerprint density at radius 3 is 2.08 bits per heavy atom. The molecule has 0 unspecified atom stereocenters. The van der Waals surface area contributed by atoms with Crippen molar-refractivity contribution in [1.29, 1.82) is 0 Å². The molecule has 0 radical (unpaired) electrons. The van der Waals surface area contributed by atoms with Crippen LogP contribution in [0.15, 0.2) is 36.2 Å². The smallest absolute Gasteiger partial charge is 0.122 e. The second-order valence-corrected chi connectivity index (χ2v) is 3.70. The molecule has 0 N–H and O–H groups in total. The fourth-order valence-corrected chi connectivity index (χ4v) is 0.961. The third-order valence-electron chi connectivity index (χ3n) is 1.60. The van der Waals surface area contributed by atoms with Crippen molar-refractivity contribution in [3.05, 3.63) is 36.2 Å². The number of hydrogen-bond donors (Lipinski definition) is 0. The van der Waals surface area contributed by atoms with Gasteiger partial charge in [-0.3, -0.25) is 0 Å². The summed E-state index contributed by atoms with van der Waals surface area (Å²) in [5.41, 5.74) is 0.533. The minimum Gasteiger partial charge on any atom is -0.207 e. The van der Waals surface area contributed by atoms with Crippen molar-refractivity contribution < 1.29 is 4.39 Å². The largest absolute Gasteiger partial charge is 0.207 e. The lowest BCUT2D eigenvalue weighted by Crippen LogP contribution is -2.09. The van der Waals surface area contributed by atoms with E-state index in [1.54, 1.807) is 19.1 Å². The Morgan fingerprint density at radius 2 is 1.83 bits per heavy atom. The van der Waals surface area contributed by atoms with Crippen molar-refractivity contribution in [2.45, 2.75) is 27.7 Å². The lowest BCUT2D eigenvalue weighted by molar-refractivity contribution is 0.474. The summed E-state index contributed by atoms with van der Waals surface area (Å²) in [5, 5.41) is 0. The molecule has 0 atom stereocenters. The molecule has 0 bridgehead atoms. The summed E-state index contributed by atoms with van der Waals surface area (Å²) < 4.78 is 13.2. The zero-order valence-electron chi connectivity index (χ0n) is 8.32. The first-order valence-electron chi connectivity index (χ1n) is 4.09. The standard InChI is InChI=1S/C11H17F/c1-6-8-9(10(12)7-2)11(3,4)5/h6-8H,1H2,2-5H3/b9-8+,10-7+. The number of allylic oxidation sites excluding steroid dienone is 5. The monoisotopic (exact) mass is 168 g/mol. The molecule has 68 valence electrons. The highest BCUT2D eigenvalue weighted by molar-refractivity contribution is 5.32. The first kappa shape index (κ1) is 11.2. The maximum Gasteiger partial charge on any atom is 0.122 e. The average Bonchev–Trinajstić information content (AvgIpc) is 1.96. The molecule has 0 saturated carbocycles. The molecule has 0 heterocycles. The van der Waals surface area contributed by atoms with Gasteiger partial charge in [-0.15, -0.1) is 0 Å². The van der Waals surface area contributed by atoms with Crippen LogP contribution in [0.25, 0.3) is 0 Å². The minimum absolute atomic E-state index is 0.162. The summed E-state index contributed by atoms with van der Waals surface area (Å²) in [7, 11) is 0. The van der Waals surface area contributed by atoms with Crippen LogP contribution in [0, 0.1) is 5.41 Å². The van der Waals surface area contributed by atoms with Gasteiger partial charge in [-0.2, -0.15) is 0 Å². The van der Waals surface area contributed by atoms with Gasteiger partial charge in [-0.05, 0) is 17.9 Å². The van der Waals surface area contributed by atoms with Crippen molar-refractivity contribution in [2.75, 3.05) is 0 Å². The summed E-state index contributed by atoms with van der Waals surface area (Å²) in [6.45, 7) is 11.2. The molecular formula is C11H17F. The molecule has 0 rings (SSSR count). The van der Waals surface area contributed by atoms with E-state index in [1.807, 2.05) is 20.8 Å². The molecule has 0 nitrogen and oxygen atoms in total. The van der Waals surface area contributed by atoms with E-state index in [1.165, 1.54) is 6.08 Å². The van der Waals surface area contributed by atoms with E-state index in [-0.39, 0.29) is 11.2 Å². The van der Waals surface area contributed by atoms with Gasteiger partial charge in [0.1, 0.15) is 5.83 Å². The fourth-order valence-electron chi connectivity index (χ4n) is 0.961. The molecule has 0 aromatic heterocycles. The van der Waals surface area contributed by atoms with Crippen LogP contribution in [0.2, 0.25) is 0 Å². The van der Waals surface area contributed by atoms with Crippen molar-refractivity contribution in [2.24, 2.45) is 5.41 Å². The molecule has 0 amide bonds. The molecule has 12 heavy (non-hydrogen) atoms. The van der Waals surface area contributed by atoms with Gasteiger partial charge in [0.25, 0.3) is 0 Å². The van der Waals surface area contributed by atoms with Gasteiger partial charge in [0, 0.05) is 0 Å². The minimum atomic E-state index is -0.164. The van der Waals surface area contributed by atoms with E-state index in [4.69, 9.17) is 0 Å². The van der Waals surface area contributed by atoms with Gasteiger partial charge in [-0.25, -0.2) is 4.39 Å². The summed E-state index contributed by atoms with van der Waals surface area (Å²) in [6.07, 6.45) is 4.81. The maximum absolute atomic E-state index is 13.2. The summed E-state index contributed by atoms with van der Waals surface area (Å²) in [4.78, 5) is 0. The third-order valence-corrected chi connectivity index (χ3v) is 1.60. The average molecular weight is 168 g/mol. The Bertz CT molecular complexity index is 214. The van der Waals surface area contributed by atoms with E-state index in [0.717, 1.165) is 0 Å². The predicted molar refractivity (Wildman–Crippen MR) is 52.6 cm³/mol. The van der Waals surface area contributed by atoms with Crippen LogP contribution in [-0.2, 0) is 0 Å². The van der Waals surface area contributed by atoms with E-state index in [2.05, 4.69) is 6.58 Å². The van der Waals surface area contributed by atoms with Crippen molar-refractivity contribution >= 4 is 0 Å². The first-order chi connectivity index (χ1) is 5.43. The highest BCUT2D eigenvalue weighted by atomic mass is 19.1. The third kappa shape index (κ3) is 3.04. The van der Waals surface area contributed by atoms with Crippen LogP contribution in [0.4, 0.5) is 4.39 Å². The molecule has 0 aliphatic rings. The zero-order chi connectivity index (χ0) is 9.78. The SMILES string of the molecule is C=C/C=C(\C(F)=C/C)C(C)(C)C. The van der Waals surface area contributed by atoms with Crippen LogP contribution in [0.1, 0.15) is 27.7 Å². The quantitative estimate of drug-likeness (QED) is 0.546. The van der Waals surface area contributed by atoms with Crippen LogP contribution >= 0.6 is 0 Å². The summed E-state index contributed by atoms with van der Waals surface area (Å²) in [6, 6.07) is 0. The van der Waals surface area contributed by atoms with Gasteiger partial charge >= 0.3 is 0 Å². The Morgan fingerprint density at radius 1 is 1.33 bits per heavy atom. The highest BCUT2D eigenvalue weighted by Crippen LogP contribution is 2.31. The van der Waals surface area contributed by atoms with E-state index in [0.29, 0.717) is 5.57 Å². The Balaban J connectivity index is 4.95. The van der Waals surface area contributed by atoms with Crippen LogP contribution in [-0.4, -0.2) is 0 Å². The Hall–Kier alpha value is -0.850. The number of halogens is 1. The fraction of sp³-hybridized carbons (Fsp3) is 0.455. The highest BCUT2D eigenvalue weighted by Gasteiger charge is 2.19. The van der Waals surface area contributed by atoms with E-state index >= 15 is 0 Å². The molecule has 0 saturated heterocycles. The Kier molecular flexibility index (Phi) is 3.94. The van der Waals surface area contributed by atoms with Gasteiger partial charge < -0.3 is 0 Å². The zero-order valence-corrected chi connectivity index (χ0v) is 8.32. The van der Waals surface area contributed by atoms with Crippen molar-refractivity contribution in [3.8, 4) is 0 Å². The Labute approximate surface area is 74.5 Å². The van der Waals surface area contributed by atoms with Crippen LogP contribution < -0.4 is 0 Å². The van der Waals surface area contributed by atoms with Gasteiger partial charge in [0.05, 0.1) is 0 Å². The summed E-state index contributed by atoms with van der Waals surface area (Å²) in [5.74, 6) is -0.164. The number of hydrogen-bond acceptors (Lipinski definition) is 0. The molecule has 0 aliphatic carbocycles. The van der Waals surface area contributed by atoms with E-state index in [9.17, 15) is 4.39 Å². The second kappa shape index (κ2) is 4.24. The molecule has 0 aromatic rings. The molecule has 1 heteroatoms. The predicted octanol–water partition coefficient (Wildman–Crippen LogP) is 4.02. The molecule has 0 aliphatic heterocycles.